The first-order valence-corrected chi connectivity index (χ1v) is 8.49. The second-order valence-corrected chi connectivity index (χ2v) is 6.92. The van der Waals surface area contributed by atoms with Gasteiger partial charge in [-0.25, -0.2) is 0 Å². The molecule has 118 valence electrons. The van der Waals surface area contributed by atoms with Gasteiger partial charge >= 0.3 is 0 Å². The lowest BCUT2D eigenvalue weighted by Gasteiger charge is -2.35. The fraction of sp³-hybridized carbons (Fsp3) is 1.00. The fourth-order valence-corrected chi connectivity index (χ4v) is 3.62. The highest BCUT2D eigenvalue weighted by atomic mass is 16.3. The molecule has 2 saturated heterocycles. The highest BCUT2D eigenvalue weighted by molar-refractivity contribution is 4.91. The monoisotopic (exact) mass is 283 g/mol. The molecule has 0 amide bonds. The summed E-state index contributed by atoms with van der Waals surface area (Å²) in [6, 6.07) is 0.754. The van der Waals surface area contributed by atoms with Crippen molar-refractivity contribution in [2.75, 3.05) is 45.9 Å². The lowest BCUT2D eigenvalue weighted by atomic mass is 10.0. The van der Waals surface area contributed by atoms with E-state index in [1.807, 2.05) is 0 Å². The molecular formula is C16H33N3O. The van der Waals surface area contributed by atoms with Crippen LogP contribution in [0.4, 0.5) is 0 Å². The van der Waals surface area contributed by atoms with Crippen LogP contribution < -0.4 is 5.32 Å². The number of nitrogens with zero attached hydrogens (tertiary/aromatic N) is 2. The highest BCUT2D eigenvalue weighted by Gasteiger charge is 2.32. The normalized spacial score (nSPS) is 28.6. The van der Waals surface area contributed by atoms with E-state index >= 15 is 0 Å². The van der Waals surface area contributed by atoms with E-state index in [1.165, 1.54) is 51.9 Å². The predicted molar refractivity (Wildman–Crippen MR) is 84.1 cm³/mol. The molecule has 0 spiro atoms. The Morgan fingerprint density at radius 2 is 1.95 bits per heavy atom. The molecule has 2 atom stereocenters. The van der Waals surface area contributed by atoms with E-state index in [0.29, 0.717) is 0 Å². The zero-order valence-corrected chi connectivity index (χ0v) is 13.4. The van der Waals surface area contributed by atoms with Crippen molar-refractivity contribution in [2.24, 2.45) is 0 Å². The summed E-state index contributed by atoms with van der Waals surface area (Å²) in [5.41, 5.74) is -0.146. The zero-order valence-electron chi connectivity index (χ0n) is 13.4. The van der Waals surface area contributed by atoms with E-state index in [9.17, 15) is 5.11 Å². The van der Waals surface area contributed by atoms with Crippen molar-refractivity contribution in [3.63, 3.8) is 0 Å². The third-order valence-electron chi connectivity index (χ3n) is 4.88. The van der Waals surface area contributed by atoms with Crippen LogP contribution in [-0.2, 0) is 0 Å². The number of hydrogen-bond acceptors (Lipinski definition) is 4. The summed E-state index contributed by atoms with van der Waals surface area (Å²) in [5.74, 6) is 0. The Hall–Kier alpha value is -0.160. The minimum absolute atomic E-state index is 0.146. The second kappa shape index (κ2) is 7.74. The number of likely N-dealkylation sites (tertiary alicyclic amines) is 2. The number of aliphatic hydroxyl groups excluding tert-OH is 1. The first-order chi connectivity index (χ1) is 9.67. The second-order valence-electron chi connectivity index (χ2n) is 6.92. The van der Waals surface area contributed by atoms with E-state index in [2.05, 4.69) is 29.0 Å². The molecule has 0 radical (unpaired) electrons. The average molecular weight is 283 g/mol. The van der Waals surface area contributed by atoms with Gasteiger partial charge in [0.1, 0.15) is 0 Å². The van der Waals surface area contributed by atoms with E-state index in [4.69, 9.17) is 0 Å². The van der Waals surface area contributed by atoms with Crippen LogP contribution in [-0.4, -0.2) is 72.4 Å². The molecule has 2 rings (SSSR count). The number of rotatable bonds is 7. The molecule has 4 nitrogen and oxygen atoms in total. The molecule has 0 aliphatic carbocycles. The molecule has 2 heterocycles. The van der Waals surface area contributed by atoms with Crippen LogP contribution in [0.5, 0.6) is 0 Å². The third kappa shape index (κ3) is 4.42. The first kappa shape index (κ1) is 16.2. The summed E-state index contributed by atoms with van der Waals surface area (Å²) in [6.07, 6.45) is 6.59. The number of piperidine rings is 1. The standard InChI is InChI=1S/C16H33N3O/c1-3-8-17-16(2,14-20)13-18-11-7-15(12-18)19-9-5-4-6-10-19/h15,17,20H,3-14H2,1-2H3. The first-order valence-electron chi connectivity index (χ1n) is 8.49. The molecule has 0 saturated carbocycles. The maximum absolute atomic E-state index is 9.69. The summed E-state index contributed by atoms with van der Waals surface area (Å²) in [7, 11) is 0. The van der Waals surface area contributed by atoms with Gasteiger partial charge in [0, 0.05) is 19.1 Å². The molecule has 2 N–H and O–H groups in total. The summed E-state index contributed by atoms with van der Waals surface area (Å²) in [6.45, 7) is 11.5. The Bertz CT molecular complexity index is 281. The molecule has 0 aromatic heterocycles. The quantitative estimate of drug-likeness (QED) is 0.739. The fourth-order valence-electron chi connectivity index (χ4n) is 3.62. The predicted octanol–water partition coefficient (Wildman–Crippen LogP) is 1.30. The average Bonchev–Trinajstić information content (AvgIpc) is 2.94. The maximum Gasteiger partial charge on any atom is 0.0623 e. The molecule has 0 aromatic rings. The summed E-state index contributed by atoms with van der Waals surface area (Å²) in [4.78, 5) is 5.23. The van der Waals surface area contributed by atoms with Crippen molar-refractivity contribution in [1.29, 1.82) is 0 Å². The van der Waals surface area contributed by atoms with Crippen LogP contribution in [0, 0.1) is 0 Å². The summed E-state index contributed by atoms with van der Waals surface area (Å²) in [5, 5.41) is 13.2. The van der Waals surface area contributed by atoms with Crippen molar-refractivity contribution >= 4 is 0 Å². The number of aliphatic hydroxyl groups is 1. The largest absolute Gasteiger partial charge is 0.394 e. The lowest BCUT2D eigenvalue weighted by molar-refractivity contribution is 0.120. The van der Waals surface area contributed by atoms with E-state index in [-0.39, 0.29) is 12.1 Å². The van der Waals surface area contributed by atoms with Crippen LogP contribution in [0.15, 0.2) is 0 Å². The van der Waals surface area contributed by atoms with Crippen molar-refractivity contribution in [3.05, 3.63) is 0 Å². The Morgan fingerprint density at radius 1 is 1.20 bits per heavy atom. The molecule has 2 unspecified atom stereocenters. The van der Waals surface area contributed by atoms with Gasteiger partial charge in [0.15, 0.2) is 0 Å². The van der Waals surface area contributed by atoms with E-state index in [0.717, 1.165) is 25.6 Å². The lowest BCUT2D eigenvalue weighted by Crippen LogP contribution is -2.54. The summed E-state index contributed by atoms with van der Waals surface area (Å²) < 4.78 is 0. The van der Waals surface area contributed by atoms with Gasteiger partial charge in [0.2, 0.25) is 0 Å². The molecule has 0 aromatic carbocycles. The number of hydrogen-bond donors (Lipinski definition) is 2. The highest BCUT2D eigenvalue weighted by Crippen LogP contribution is 2.21. The van der Waals surface area contributed by atoms with Gasteiger partial charge in [-0.05, 0) is 58.8 Å². The van der Waals surface area contributed by atoms with E-state index < -0.39 is 0 Å². The van der Waals surface area contributed by atoms with Crippen molar-refractivity contribution in [1.82, 2.24) is 15.1 Å². The SMILES string of the molecule is CCCNC(C)(CO)CN1CCC(N2CCCCC2)C1. The number of nitrogens with one attached hydrogen (secondary N) is 1. The van der Waals surface area contributed by atoms with Gasteiger partial charge in [0.25, 0.3) is 0 Å². The zero-order chi connectivity index (χ0) is 14.4. The van der Waals surface area contributed by atoms with Gasteiger partial charge in [-0.3, -0.25) is 9.80 Å². The van der Waals surface area contributed by atoms with Gasteiger partial charge in [-0.2, -0.15) is 0 Å². The van der Waals surface area contributed by atoms with Gasteiger partial charge in [-0.15, -0.1) is 0 Å². The van der Waals surface area contributed by atoms with Crippen LogP contribution in [0.1, 0.15) is 46.0 Å². The van der Waals surface area contributed by atoms with Gasteiger partial charge < -0.3 is 10.4 Å². The molecule has 2 fully saturated rings. The van der Waals surface area contributed by atoms with Crippen molar-refractivity contribution < 1.29 is 5.11 Å². The van der Waals surface area contributed by atoms with Crippen molar-refractivity contribution in [3.8, 4) is 0 Å². The summed E-state index contributed by atoms with van der Waals surface area (Å²) >= 11 is 0. The Labute approximate surface area is 124 Å². The molecule has 0 bridgehead atoms. The van der Waals surface area contributed by atoms with Crippen LogP contribution in [0.25, 0.3) is 0 Å². The topological polar surface area (TPSA) is 38.7 Å². The minimum Gasteiger partial charge on any atom is -0.394 e. The van der Waals surface area contributed by atoms with Crippen LogP contribution >= 0.6 is 0 Å². The van der Waals surface area contributed by atoms with Crippen LogP contribution in [0.3, 0.4) is 0 Å². The van der Waals surface area contributed by atoms with Gasteiger partial charge in [-0.1, -0.05) is 13.3 Å². The van der Waals surface area contributed by atoms with Gasteiger partial charge in [0.05, 0.1) is 12.1 Å². The maximum atomic E-state index is 9.69. The smallest absolute Gasteiger partial charge is 0.0623 e. The van der Waals surface area contributed by atoms with Crippen molar-refractivity contribution in [2.45, 2.75) is 57.5 Å². The molecule has 2 aliphatic heterocycles. The minimum atomic E-state index is -0.146. The third-order valence-corrected chi connectivity index (χ3v) is 4.88. The Balaban J connectivity index is 1.79. The molecule has 20 heavy (non-hydrogen) atoms. The Kier molecular flexibility index (Phi) is 6.27. The van der Waals surface area contributed by atoms with E-state index in [1.54, 1.807) is 0 Å². The Morgan fingerprint density at radius 3 is 2.60 bits per heavy atom. The molecule has 2 aliphatic rings. The van der Waals surface area contributed by atoms with Crippen LogP contribution in [0.2, 0.25) is 0 Å². The molecular weight excluding hydrogens is 250 g/mol. The molecule has 4 heteroatoms.